The first-order valence-corrected chi connectivity index (χ1v) is 6.56. The first-order chi connectivity index (χ1) is 8.75. The van der Waals surface area contributed by atoms with Gasteiger partial charge in [0.05, 0.1) is 0 Å². The third-order valence-corrected chi connectivity index (χ3v) is 3.60. The number of aromatic amines is 1. The predicted molar refractivity (Wildman–Crippen MR) is 78.3 cm³/mol. The van der Waals surface area contributed by atoms with Gasteiger partial charge in [0.15, 0.2) is 0 Å². The molecule has 0 unspecified atom stereocenters. The second-order valence-corrected chi connectivity index (χ2v) is 5.16. The Bertz CT molecular complexity index is 630. The van der Waals surface area contributed by atoms with Crippen LogP contribution in [0.5, 0.6) is 0 Å². The number of dihydropyridines is 1. The SMILES string of the molecule is CC(C)c1c[nH]c2ccc(C3=CC=NCC3)cc12. The number of aliphatic imine (C=N–C) groups is 1. The number of hydrogen-bond donors (Lipinski definition) is 1. The third kappa shape index (κ3) is 1.88. The van der Waals surface area contributed by atoms with Crippen LogP contribution in [0.25, 0.3) is 16.5 Å². The number of allylic oxidation sites excluding steroid dienone is 1. The van der Waals surface area contributed by atoms with Crippen molar-refractivity contribution < 1.29 is 0 Å². The lowest BCUT2D eigenvalue weighted by Crippen LogP contribution is -1.94. The van der Waals surface area contributed by atoms with Crippen LogP contribution in [0.3, 0.4) is 0 Å². The van der Waals surface area contributed by atoms with Gasteiger partial charge >= 0.3 is 0 Å². The zero-order valence-electron chi connectivity index (χ0n) is 10.9. The van der Waals surface area contributed by atoms with Crippen molar-refractivity contribution in [2.45, 2.75) is 26.2 Å². The molecule has 0 fully saturated rings. The Labute approximate surface area is 107 Å². The molecule has 0 amide bonds. The fraction of sp³-hybridized carbons (Fsp3) is 0.312. The number of fused-ring (bicyclic) bond motifs is 1. The molecule has 3 rings (SSSR count). The Morgan fingerprint density at radius 2 is 2.17 bits per heavy atom. The Hall–Kier alpha value is -1.83. The molecule has 18 heavy (non-hydrogen) atoms. The fourth-order valence-electron chi connectivity index (χ4n) is 2.55. The third-order valence-electron chi connectivity index (χ3n) is 3.60. The molecule has 2 heteroatoms. The van der Waals surface area contributed by atoms with Gasteiger partial charge in [0, 0.05) is 29.9 Å². The van der Waals surface area contributed by atoms with Crippen molar-refractivity contribution in [1.82, 2.24) is 4.98 Å². The quantitative estimate of drug-likeness (QED) is 0.814. The molecule has 1 aromatic heterocycles. The molecule has 0 saturated heterocycles. The van der Waals surface area contributed by atoms with E-state index >= 15 is 0 Å². The predicted octanol–water partition coefficient (Wildman–Crippen LogP) is 4.15. The van der Waals surface area contributed by atoms with Crippen LogP contribution >= 0.6 is 0 Å². The molecule has 2 aromatic rings. The first-order valence-electron chi connectivity index (χ1n) is 6.56. The van der Waals surface area contributed by atoms with Crippen LogP contribution < -0.4 is 0 Å². The minimum absolute atomic E-state index is 0.552. The Morgan fingerprint density at radius 1 is 1.28 bits per heavy atom. The van der Waals surface area contributed by atoms with Crippen LogP contribution in [-0.2, 0) is 0 Å². The van der Waals surface area contributed by atoms with E-state index in [1.54, 1.807) is 0 Å². The molecule has 2 heterocycles. The summed E-state index contributed by atoms with van der Waals surface area (Å²) in [6.45, 7) is 5.39. The number of hydrogen-bond acceptors (Lipinski definition) is 1. The van der Waals surface area contributed by atoms with E-state index in [4.69, 9.17) is 0 Å². The normalized spacial score (nSPS) is 15.4. The second-order valence-electron chi connectivity index (χ2n) is 5.16. The number of nitrogens with zero attached hydrogens (tertiary/aromatic N) is 1. The molecule has 1 aromatic carbocycles. The van der Waals surface area contributed by atoms with Gasteiger partial charge in [0.1, 0.15) is 0 Å². The molecule has 0 radical (unpaired) electrons. The number of nitrogens with one attached hydrogen (secondary N) is 1. The Kier molecular flexibility index (Phi) is 2.78. The lowest BCUT2D eigenvalue weighted by Gasteiger charge is -2.10. The summed E-state index contributed by atoms with van der Waals surface area (Å²) in [6.07, 6.45) is 7.23. The van der Waals surface area contributed by atoms with E-state index < -0.39 is 0 Å². The zero-order valence-corrected chi connectivity index (χ0v) is 10.9. The molecule has 2 nitrogen and oxygen atoms in total. The van der Waals surface area contributed by atoms with Gasteiger partial charge in [-0.25, -0.2) is 0 Å². The van der Waals surface area contributed by atoms with Crippen LogP contribution in [0.4, 0.5) is 0 Å². The van der Waals surface area contributed by atoms with Gasteiger partial charge < -0.3 is 4.98 Å². The van der Waals surface area contributed by atoms with Crippen LogP contribution in [0.15, 0.2) is 35.5 Å². The summed E-state index contributed by atoms with van der Waals surface area (Å²) in [6, 6.07) is 6.70. The number of H-pyrrole nitrogens is 1. The van der Waals surface area contributed by atoms with Crippen molar-refractivity contribution in [2.24, 2.45) is 4.99 Å². The summed E-state index contributed by atoms with van der Waals surface area (Å²) in [4.78, 5) is 7.60. The van der Waals surface area contributed by atoms with Crippen LogP contribution in [-0.4, -0.2) is 17.7 Å². The molecular formula is C16H18N2. The summed E-state index contributed by atoms with van der Waals surface area (Å²) >= 11 is 0. The highest BCUT2D eigenvalue weighted by Crippen LogP contribution is 2.29. The van der Waals surface area contributed by atoms with Crippen LogP contribution in [0.2, 0.25) is 0 Å². The molecule has 1 N–H and O–H groups in total. The minimum atomic E-state index is 0.552. The fourth-order valence-corrected chi connectivity index (χ4v) is 2.55. The minimum Gasteiger partial charge on any atom is -0.361 e. The van der Waals surface area contributed by atoms with E-state index in [0.29, 0.717) is 5.92 Å². The van der Waals surface area contributed by atoms with E-state index in [0.717, 1.165) is 13.0 Å². The maximum Gasteiger partial charge on any atom is 0.0457 e. The number of rotatable bonds is 2. The molecule has 1 aliphatic rings. The van der Waals surface area contributed by atoms with Crippen molar-refractivity contribution in [2.75, 3.05) is 6.54 Å². The average molecular weight is 238 g/mol. The topological polar surface area (TPSA) is 28.1 Å². The van der Waals surface area contributed by atoms with Gasteiger partial charge in [-0.1, -0.05) is 19.9 Å². The average Bonchev–Trinajstić information content (AvgIpc) is 2.82. The van der Waals surface area contributed by atoms with Gasteiger partial charge in [0.2, 0.25) is 0 Å². The largest absolute Gasteiger partial charge is 0.361 e. The molecule has 0 spiro atoms. The number of benzene rings is 1. The first kappa shape index (κ1) is 11.3. The molecule has 0 atom stereocenters. The van der Waals surface area contributed by atoms with Gasteiger partial charge in [-0.3, -0.25) is 4.99 Å². The molecule has 0 aliphatic carbocycles. The summed E-state index contributed by atoms with van der Waals surface area (Å²) < 4.78 is 0. The van der Waals surface area contributed by atoms with E-state index in [2.05, 4.69) is 54.3 Å². The molecule has 1 aliphatic heterocycles. The van der Waals surface area contributed by atoms with Gasteiger partial charge in [-0.2, -0.15) is 0 Å². The zero-order chi connectivity index (χ0) is 12.5. The van der Waals surface area contributed by atoms with Crippen molar-refractivity contribution in [3.63, 3.8) is 0 Å². The van der Waals surface area contributed by atoms with Crippen molar-refractivity contribution >= 4 is 22.7 Å². The van der Waals surface area contributed by atoms with Gasteiger partial charge in [-0.05, 0) is 47.2 Å². The molecule has 0 saturated carbocycles. The van der Waals surface area contributed by atoms with E-state index in [1.807, 2.05) is 6.21 Å². The summed E-state index contributed by atoms with van der Waals surface area (Å²) in [5.41, 5.74) is 5.35. The highest BCUT2D eigenvalue weighted by molar-refractivity contribution is 5.91. The van der Waals surface area contributed by atoms with Gasteiger partial charge in [0.25, 0.3) is 0 Å². The van der Waals surface area contributed by atoms with Crippen LogP contribution in [0.1, 0.15) is 37.3 Å². The highest BCUT2D eigenvalue weighted by atomic mass is 14.7. The second kappa shape index (κ2) is 4.45. The van der Waals surface area contributed by atoms with Gasteiger partial charge in [-0.15, -0.1) is 0 Å². The van der Waals surface area contributed by atoms with Crippen molar-refractivity contribution in [3.05, 3.63) is 41.6 Å². The summed E-state index contributed by atoms with van der Waals surface area (Å²) in [5.74, 6) is 0.552. The van der Waals surface area contributed by atoms with E-state index in [-0.39, 0.29) is 0 Å². The Balaban J connectivity index is 2.12. The lowest BCUT2D eigenvalue weighted by atomic mass is 9.96. The Morgan fingerprint density at radius 3 is 2.89 bits per heavy atom. The standard InChI is InChI=1S/C16H18N2/c1-11(2)15-10-18-16-4-3-13(9-14(15)16)12-5-7-17-8-6-12/h3-5,7,9-11,18H,6,8H2,1-2H3. The highest BCUT2D eigenvalue weighted by Gasteiger charge is 2.10. The number of aromatic nitrogens is 1. The summed E-state index contributed by atoms with van der Waals surface area (Å²) in [5, 5.41) is 1.35. The van der Waals surface area contributed by atoms with Crippen molar-refractivity contribution in [1.29, 1.82) is 0 Å². The van der Waals surface area contributed by atoms with Crippen LogP contribution in [0, 0.1) is 0 Å². The maximum absolute atomic E-state index is 4.24. The maximum atomic E-state index is 4.24. The molecule has 92 valence electrons. The van der Waals surface area contributed by atoms with Crippen molar-refractivity contribution in [3.8, 4) is 0 Å². The molecular weight excluding hydrogens is 220 g/mol. The monoisotopic (exact) mass is 238 g/mol. The van der Waals surface area contributed by atoms with E-state index in [1.165, 1.54) is 27.6 Å². The smallest absolute Gasteiger partial charge is 0.0457 e. The summed E-state index contributed by atoms with van der Waals surface area (Å²) in [7, 11) is 0. The van der Waals surface area contributed by atoms with E-state index in [9.17, 15) is 0 Å². The molecule has 0 bridgehead atoms. The lowest BCUT2D eigenvalue weighted by molar-refractivity contribution is 0.875.